The Labute approximate surface area is 112 Å². The van der Waals surface area contributed by atoms with E-state index in [0.717, 1.165) is 11.8 Å². The van der Waals surface area contributed by atoms with Gasteiger partial charge in [-0.05, 0) is 38.1 Å². The molecule has 0 fully saturated rings. The Kier molecular flexibility index (Phi) is 5.30. The molecule has 1 aromatic carbocycles. The van der Waals surface area contributed by atoms with E-state index in [0.29, 0.717) is 12.1 Å². The molecule has 0 saturated heterocycles. The van der Waals surface area contributed by atoms with Gasteiger partial charge in [0.1, 0.15) is 5.82 Å². The smallest absolute Gasteiger partial charge is 0.328 e. The monoisotopic (exact) mass is 263 g/mol. The highest BCUT2D eigenvalue weighted by Gasteiger charge is 2.12. The van der Waals surface area contributed by atoms with E-state index in [1.165, 1.54) is 18.2 Å². The summed E-state index contributed by atoms with van der Waals surface area (Å²) in [6, 6.07) is 4.54. The van der Waals surface area contributed by atoms with Crippen molar-refractivity contribution < 1.29 is 14.3 Å². The van der Waals surface area contributed by atoms with Gasteiger partial charge in [-0.3, -0.25) is 0 Å². The van der Waals surface area contributed by atoms with Crippen molar-refractivity contribution in [3.05, 3.63) is 48.3 Å². The van der Waals surface area contributed by atoms with Crippen LogP contribution < -0.4 is 4.90 Å². The molecule has 1 aromatic rings. The molecule has 0 saturated carbocycles. The molecule has 0 amide bonds. The van der Waals surface area contributed by atoms with Crippen LogP contribution in [-0.2, 0) is 4.79 Å². The Morgan fingerprint density at radius 3 is 2.74 bits per heavy atom. The summed E-state index contributed by atoms with van der Waals surface area (Å²) >= 11 is 0. The molecule has 0 aliphatic rings. The van der Waals surface area contributed by atoms with Crippen molar-refractivity contribution in [3.8, 4) is 0 Å². The number of carboxylic acid groups (broad SMARTS) is 1. The predicted octanol–water partition coefficient (Wildman–Crippen LogP) is 3.32. The summed E-state index contributed by atoms with van der Waals surface area (Å²) in [5.41, 5.74) is 1.33. The Hall–Kier alpha value is -2.10. The molecular formula is C15H18FNO2. The maximum Gasteiger partial charge on any atom is 0.328 e. The fraction of sp³-hybridized carbons (Fsp3) is 0.267. The van der Waals surface area contributed by atoms with Gasteiger partial charge in [0.15, 0.2) is 0 Å². The van der Waals surface area contributed by atoms with Crippen LogP contribution in [0.3, 0.4) is 0 Å². The number of aliphatic carboxylic acids is 1. The van der Waals surface area contributed by atoms with Gasteiger partial charge in [-0.25, -0.2) is 9.18 Å². The van der Waals surface area contributed by atoms with Gasteiger partial charge < -0.3 is 10.0 Å². The van der Waals surface area contributed by atoms with Gasteiger partial charge in [-0.15, -0.1) is 6.58 Å². The predicted molar refractivity (Wildman–Crippen MR) is 75.7 cm³/mol. The van der Waals surface area contributed by atoms with Gasteiger partial charge in [0.2, 0.25) is 0 Å². The maximum atomic E-state index is 13.3. The van der Waals surface area contributed by atoms with Crippen LogP contribution >= 0.6 is 0 Å². The van der Waals surface area contributed by atoms with Crippen LogP contribution in [0, 0.1) is 5.82 Å². The second kappa shape index (κ2) is 6.73. The third-order valence-corrected chi connectivity index (χ3v) is 2.65. The number of carbonyl (C=O) groups is 1. The van der Waals surface area contributed by atoms with E-state index in [2.05, 4.69) is 6.58 Å². The minimum absolute atomic E-state index is 0.195. The summed E-state index contributed by atoms with van der Waals surface area (Å²) in [7, 11) is 0. The Balaban J connectivity index is 3.24. The van der Waals surface area contributed by atoms with E-state index in [9.17, 15) is 9.18 Å². The second-order valence-electron chi connectivity index (χ2n) is 4.41. The first-order valence-corrected chi connectivity index (χ1v) is 6.03. The molecule has 0 radical (unpaired) electrons. The molecule has 102 valence electrons. The molecule has 1 rings (SSSR count). The average molecular weight is 263 g/mol. The van der Waals surface area contributed by atoms with Crippen molar-refractivity contribution >= 4 is 17.7 Å². The fourth-order valence-corrected chi connectivity index (χ4v) is 1.81. The average Bonchev–Trinajstić information content (AvgIpc) is 2.34. The number of nitrogens with zero attached hydrogens (tertiary/aromatic N) is 1. The Morgan fingerprint density at radius 2 is 2.21 bits per heavy atom. The highest BCUT2D eigenvalue weighted by Crippen LogP contribution is 2.25. The quantitative estimate of drug-likeness (QED) is 0.632. The van der Waals surface area contributed by atoms with Crippen molar-refractivity contribution in [2.24, 2.45) is 0 Å². The van der Waals surface area contributed by atoms with Crippen molar-refractivity contribution in [1.82, 2.24) is 0 Å². The fourth-order valence-electron chi connectivity index (χ4n) is 1.81. The molecule has 3 nitrogen and oxygen atoms in total. The number of hydrogen-bond acceptors (Lipinski definition) is 2. The lowest BCUT2D eigenvalue weighted by molar-refractivity contribution is -0.131. The molecule has 0 aliphatic heterocycles. The topological polar surface area (TPSA) is 40.5 Å². The molecule has 4 heteroatoms. The number of rotatable bonds is 6. The highest BCUT2D eigenvalue weighted by molar-refractivity contribution is 5.87. The van der Waals surface area contributed by atoms with E-state index in [-0.39, 0.29) is 6.04 Å². The lowest BCUT2D eigenvalue weighted by Gasteiger charge is -2.29. The summed E-state index contributed by atoms with van der Waals surface area (Å²) in [6.45, 7) is 8.33. The van der Waals surface area contributed by atoms with E-state index in [4.69, 9.17) is 5.11 Å². The number of hydrogen-bond donors (Lipinski definition) is 1. The van der Waals surface area contributed by atoms with Crippen molar-refractivity contribution in [2.75, 3.05) is 11.4 Å². The lowest BCUT2D eigenvalue weighted by Crippen LogP contribution is -2.31. The van der Waals surface area contributed by atoms with Crippen LogP contribution in [0.25, 0.3) is 6.08 Å². The summed E-state index contributed by atoms with van der Waals surface area (Å²) in [6.07, 6.45) is 4.16. The maximum absolute atomic E-state index is 13.3. The molecule has 0 atom stereocenters. The van der Waals surface area contributed by atoms with Crippen LogP contribution in [0.2, 0.25) is 0 Å². The Morgan fingerprint density at radius 1 is 1.53 bits per heavy atom. The van der Waals surface area contributed by atoms with E-state index in [1.54, 1.807) is 12.1 Å². The zero-order chi connectivity index (χ0) is 14.4. The first kappa shape index (κ1) is 15.0. The SMILES string of the molecule is C=CCN(c1ccc(F)cc1/C=C/C(=O)O)C(C)C. The highest BCUT2D eigenvalue weighted by atomic mass is 19.1. The number of carboxylic acids is 1. The normalized spacial score (nSPS) is 10.9. The molecule has 0 unspecified atom stereocenters. The van der Waals surface area contributed by atoms with Crippen LogP contribution in [0.5, 0.6) is 0 Å². The van der Waals surface area contributed by atoms with E-state index >= 15 is 0 Å². The van der Waals surface area contributed by atoms with Gasteiger partial charge >= 0.3 is 5.97 Å². The van der Waals surface area contributed by atoms with Gasteiger partial charge in [-0.1, -0.05) is 6.08 Å². The van der Waals surface area contributed by atoms with Crippen LogP contribution in [0.15, 0.2) is 36.9 Å². The zero-order valence-corrected chi connectivity index (χ0v) is 11.1. The minimum atomic E-state index is -1.06. The van der Waals surface area contributed by atoms with Crippen LogP contribution in [-0.4, -0.2) is 23.7 Å². The summed E-state index contributed by atoms with van der Waals surface area (Å²) in [5.74, 6) is -1.45. The molecule has 0 bridgehead atoms. The number of halogens is 1. The van der Waals surface area contributed by atoms with Gasteiger partial charge in [-0.2, -0.15) is 0 Å². The van der Waals surface area contributed by atoms with Crippen molar-refractivity contribution in [3.63, 3.8) is 0 Å². The standard InChI is InChI=1S/C15H18FNO2/c1-4-9-17(11(2)3)14-7-6-13(16)10-12(14)5-8-15(18)19/h4-8,10-11H,1,9H2,2-3H3,(H,18,19)/b8-5+. The summed E-state index contributed by atoms with van der Waals surface area (Å²) in [5, 5.41) is 8.68. The van der Waals surface area contributed by atoms with Gasteiger partial charge in [0.05, 0.1) is 0 Å². The van der Waals surface area contributed by atoms with E-state index in [1.807, 2.05) is 18.7 Å². The number of benzene rings is 1. The molecule has 1 N–H and O–H groups in total. The summed E-state index contributed by atoms with van der Waals surface area (Å²) in [4.78, 5) is 12.6. The number of anilines is 1. The largest absolute Gasteiger partial charge is 0.478 e. The molecule has 0 heterocycles. The van der Waals surface area contributed by atoms with Crippen molar-refractivity contribution in [2.45, 2.75) is 19.9 Å². The first-order chi connectivity index (χ1) is 8.95. The van der Waals surface area contributed by atoms with Crippen molar-refractivity contribution in [1.29, 1.82) is 0 Å². The third-order valence-electron chi connectivity index (χ3n) is 2.65. The van der Waals surface area contributed by atoms with E-state index < -0.39 is 11.8 Å². The van der Waals surface area contributed by atoms with Gasteiger partial charge in [0.25, 0.3) is 0 Å². The molecule has 0 spiro atoms. The minimum Gasteiger partial charge on any atom is -0.478 e. The third kappa shape index (κ3) is 4.25. The second-order valence-corrected chi connectivity index (χ2v) is 4.41. The molecule has 0 aliphatic carbocycles. The lowest BCUT2D eigenvalue weighted by atomic mass is 10.1. The van der Waals surface area contributed by atoms with Crippen LogP contribution in [0.4, 0.5) is 10.1 Å². The van der Waals surface area contributed by atoms with Crippen LogP contribution in [0.1, 0.15) is 19.4 Å². The zero-order valence-electron chi connectivity index (χ0n) is 11.1. The summed E-state index contributed by atoms with van der Waals surface area (Å²) < 4.78 is 13.3. The molecule has 19 heavy (non-hydrogen) atoms. The first-order valence-electron chi connectivity index (χ1n) is 6.03. The van der Waals surface area contributed by atoms with Gasteiger partial charge in [0, 0.05) is 29.9 Å². The molecule has 0 aromatic heterocycles. The Bertz CT molecular complexity index is 495. The molecular weight excluding hydrogens is 245 g/mol.